The Morgan fingerprint density at radius 1 is 0.848 bits per heavy atom. The third-order valence-electron chi connectivity index (χ3n) is 8.17. The largest absolute Gasteiger partial charge is 0.370 e. The Morgan fingerprint density at radius 3 is 2.09 bits per heavy atom. The molecule has 4 aromatic rings. The summed E-state index contributed by atoms with van der Waals surface area (Å²) in [6, 6.07) is 34.7. The fourth-order valence-electron chi connectivity index (χ4n) is 5.99. The summed E-state index contributed by atoms with van der Waals surface area (Å²) in [4.78, 5) is 32.8. The molecule has 8 heteroatoms. The normalized spacial score (nSPS) is 12.4. The van der Waals surface area contributed by atoms with Crippen molar-refractivity contribution in [1.29, 1.82) is 0 Å². The lowest BCUT2D eigenvalue weighted by molar-refractivity contribution is -0.134. The van der Waals surface area contributed by atoms with E-state index in [4.69, 9.17) is 11.5 Å². The van der Waals surface area contributed by atoms with E-state index < -0.39 is 6.04 Å². The van der Waals surface area contributed by atoms with Gasteiger partial charge in [0.2, 0.25) is 11.8 Å². The molecular weight excluding hydrogens is 572 g/mol. The van der Waals surface area contributed by atoms with E-state index in [2.05, 4.69) is 77.1 Å². The number of amides is 2. The molecule has 46 heavy (non-hydrogen) atoms. The van der Waals surface area contributed by atoms with Crippen LogP contribution in [0.4, 0.5) is 0 Å². The number of fused-ring (bicyclic) bond motifs is 1. The molecule has 8 nitrogen and oxygen atoms in total. The van der Waals surface area contributed by atoms with Gasteiger partial charge in [-0.1, -0.05) is 110 Å². The van der Waals surface area contributed by atoms with E-state index in [0.29, 0.717) is 45.4 Å². The summed E-state index contributed by atoms with van der Waals surface area (Å²) in [5.41, 5.74) is 14.6. The second-order valence-electron chi connectivity index (χ2n) is 11.9. The summed E-state index contributed by atoms with van der Waals surface area (Å²) < 4.78 is 0. The SMILES string of the molecule is CCCN(CC(c1ccccc1)c1ccccc1)C(=O)C(CCCN=C(N)N)NCC(Cc1ccc2ccccc2c1)NC(C)=O. The number of carbonyl (C=O) groups is 2. The number of carbonyl (C=O) groups excluding carboxylic acids is 2. The first-order valence-corrected chi connectivity index (χ1v) is 16.3. The Balaban J connectivity index is 1.55. The molecule has 0 saturated carbocycles. The third-order valence-corrected chi connectivity index (χ3v) is 8.17. The molecule has 242 valence electrons. The second kappa shape index (κ2) is 17.7. The zero-order valence-corrected chi connectivity index (χ0v) is 27.1. The van der Waals surface area contributed by atoms with E-state index in [1.807, 2.05) is 53.4 Å². The van der Waals surface area contributed by atoms with Gasteiger partial charge in [0.25, 0.3) is 0 Å². The first-order valence-electron chi connectivity index (χ1n) is 16.3. The number of hydrogen-bond acceptors (Lipinski definition) is 4. The van der Waals surface area contributed by atoms with E-state index in [0.717, 1.165) is 17.4 Å². The maximum Gasteiger partial charge on any atom is 0.239 e. The molecule has 0 bridgehead atoms. The van der Waals surface area contributed by atoms with Crippen LogP contribution < -0.4 is 22.1 Å². The van der Waals surface area contributed by atoms with Gasteiger partial charge in [0.1, 0.15) is 0 Å². The van der Waals surface area contributed by atoms with E-state index in [-0.39, 0.29) is 29.7 Å². The number of hydrogen-bond donors (Lipinski definition) is 4. The molecule has 0 saturated heterocycles. The summed E-state index contributed by atoms with van der Waals surface area (Å²) in [6.45, 7) is 5.68. The van der Waals surface area contributed by atoms with E-state index in [1.165, 1.54) is 23.4 Å². The predicted molar refractivity (Wildman–Crippen MR) is 189 cm³/mol. The topological polar surface area (TPSA) is 126 Å². The van der Waals surface area contributed by atoms with E-state index >= 15 is 0 Å². The van der Waals surface area contributed by atoms with Gasteiger partial charge in [0.15, 0.2) is 5.96 Å². The highest BCUT2D eigenvalue weighted by Gasteiger charge is 2.28. The average Bonchev–Trinajstić information content (AvgIpc) is 3.06. The van der Waals surface area contributed by atoms with Gasteiger partial charge in [-0.05, 0) is 53.1 Å². The van der Waals surface area contributed by atoms with Gasteiger partial charge in [-0.2, -0.15) is 0 Å². The van der Waals surface area contributed by atoms with Crippen molar-refractivity contribution in [3.63, 3.8) is 0 Å². The van der Waals surface area contributed by atoms with Crippen molar-refractivity contribution in [2.45, 2.75) is 57.5 Å². The highest BCUT2D eigenvalue weighted by atomic mass is 16.2. The van der Waals surface area contributed by atoms with Crippen LogP contribution in [0.15, 0.2) is 108 Å². The van der Waals surface area contributed by atoms with Crippen LogP contribution in [0.1, 0.15) is 55.7 Å². The lowest BCUT2D eigenvalue weighted by atomic mass is 9.90. The highest BCUT2D eigenvalue weighted by molar-refractivity contribution is 5.83. The number of benzene rings is 4. The lowest BCUT2D eigenvalue weighted by Crippen LogP contribution is -2.52. The molecule has 4 aromatic carbocycles. The van der Waals surface area contributed by atoms with Crippen molar-refractivity contribution in [3.8, 4) is 0 Å². The summed E-state index contributed by atoms with van der Waals surface area (Å²) >= 11 is 0. The number of guanidine groups is 1. The van der Waals surface area contributed by atoms with Gasteiger partial charge in [0, 0.05) is 45.1 Å². The molecule has 2 unspecified atom stereocenters. The monoisotopic (exact) mass is 620 g/mol. The van der Waals surface area contributed by atoms with Crippen molar-refractivity contribution in [2.24, 2.45) is 16.5 Å². The van der Waals surface area contributed by atoms with Crippen LogP contribution in [-0.4, -0.2) is 60.9 Å². The molecule has 0 aromatic heterocycles. The zero-order valence-electron chi connectivity index (χ0n) is 27.1. The van der Waals surface area contributed by atoms with Gasteiger partial charge in [0.05, 0.1) is 6.04 Å². The molecule has 0 heterocycles. The molecule has 0 aliphatic rings. The summed E-state index contributed by atoms with van der Waals surface area (Å²) in [5, 5.41) is 8.98. The maximum atomic E-state index is 14.4. The van der Waals surface area contributed by atoms with Gasteiger partial charge in [-0.15, -0.1) is 0 Å². The van der Waals surface area contributed by atoms with Crippen molar-refractivity contribution >= 4 is 28.5 Å². The first-order chi connectivity index (χ1) is 22.3. The molecular formula is C38H48N6O2. The molecule has 0 fully saturated rings. The summed E-state index contributed by atoms with van der Waals surface area (Å²) in [5.74, 6) is -0.00146. The zero-order chi connectivity index (χ0) is 32.7. The van der Waals surface area contributed by atoms with Crippen LogP contribution in [0.5, 0.6) is 0 Å². The minimum Gasteiger partial charge on any atom is -0.370 e. The lowest BCUT2D eigenvalue weighted by Gasteiger charge is -2.32. The Kier molecular flexibility index (Phi) is 13.2. The first kappa shape index (κ1) is 34.2. The molecule has 4 rings (SSSR count). The van der Waals surface area contributed by atoms with Crippen LogP contribution in [0.25, 0.3) is 10.8 Å². The standard InChI is InChI=1S/C38H48N6O2/c1-3-23-44(27-35(31-14-6-4-7-15-31)32-16-8-5-9-17-32)37(46)36(19-12-22-41-38(39)40)42-26-34(43-28(2)45)25-29-20-21-30-13-10-11-18-33(30)24-29/h4-11,13-18,20-21,24,34-36,42H,3,12,19,22-23,25-27H2,1-2H3,(H,43,45)(H4,39,40,41). The quantitative estimate of drug-likeness (QED) is 0.0754. The van der Waals surface area contributed by atoms with Crippen molar-refractivity contribution < 1.29 is 9.59 Å². The number of nitrogens with two attached hydrogens (primary N) is 2. The molecule has 2 atom stereocenters. The van der Waals surface area contributed by atoms with Crippen LogP contribution >= 0.6 is 0 Å². The molecule has 6 N–H and O–H groups in total. The molecule has 0 radical (unpaired) electrons. The summed E-state index contributed by atoms with van der Waals surface area (Å²) in [6.07, 6.45) is 2.66. The van der Waals surface area contributed by atoms with Gasteiger partial charge < -0.3 is 27.0 Å². The Hall–Kier alpha value is -4.69. The Bertz CT molecular complexity index is 1520. The highest BCUT2D eigenvalue weighted by Crippen LogP contribution is 2.26. The second-order valence-corrected chi connectivity index (χ2v) is 11.9. The van der Waals surface area contributed by atoms with Crippen molar-refractivity contribution in [1.82, 2.24) is 15.5 Å². The van der Waals surface area contributed by atoms with Crippen LogP contribution in [-0.2, 0) is 16.0 Å². The van der Waals surface area contributed by atoms with Gasteiger partial charge >= 0.3 is 0 Å². The van der Waals surface area contributed by atoms with Crippen LogP contribution in [0.2, 0.25) is 0 Å². The van der Waals surface area contributed by atoms with Gasteiger partial charge in [-0.3, -0.25) is 14.6 Å². The molecule has 0 aliphatic carbocycles. The fraction of sp³-hybridized carbons (Fsp3) is 0.342. The minimum atomic E-state index is -0.471. The minimum absolute atomic E-state index is 0.0280. The average molecular weight is 621 g/mol. The smallest absolute Gasteiger partial charge is 0.239 e. The summed E-state index contributed by atoms with van der Waals surface area (Å²) in [7, 11) is 0. The number of nitrogens with one attached hydrogen (secondary N) is 2. The van der Waals surface area contributed by atoms with Crippen molar-refractivity contribution in [3.05, 3.63) is 120 Å². The maximum absolute atomic E-state index is 14.4. The molecule has 0 aliphatic heterocycles. The van der Waals surface area contributed by atoms with E-state index in [9.17, 15) is 9.59 Å². The number of aliphatic imine (C=N–C) groups is 1. The van der Waals surface area contributed by atoms with E-state index in [1.54, 1.807) is 0 Å². The fourth-order valence-corrected chi connectivity index (χ4v) is 5.99. The van der Waals surface area contributed by atoms with Gasteiger partial charge in [-0.25, -0.2) is 0 Å². The van der Waals surface area contributed by atoms with Crippen molar-refractivity contribution in [2.75, 3.05) is 26.2 Å². The number of nitrogens with zero attached hydrogens (tertiary/aromatic N) is 2. The predicted octanol–water partition coefficient (Wildman–Crippen LogP) is 4.97. The third kappa shape index (κ3) is 10.4. The van der Waals surface area contributed by atoms with Crippen LogP contribution in [0.3, 0.4) is 0 Å². The van der Waals surface area contributed by atoms with Crippen LogP contribution in [0, 0.1) is 0 Å². The Morgan fingerprint density at radius 2 is 1.48 bits per heavy atom. The number of rotatable bonds is 17. The molecule has 2 amide bonds. The molecule has 0 spiro atoms. The Labute approximate surface area is 273 Å².